The fourth-order valence-corrected chi connectivity index (χ4v) is 1.88. The number of nitrogen functional groups attached to an aromatic ring is 1. The Morgan fingerprint density at radius 2 is 1.95 bits per heavy atom. The van der Waals surface area contributed by atoms with Crippen LogP contribution in [0.15, 0.2) is 30.6 Å². The molecule has 0 aliphatic heterocycles. The molecule has 6 heteroatoms. The first-order valence-electron chi connectivity index (χ1n) is 5.90. The lowest BCUT2D eigenvalue weighted by Crippen LogP contribution is -2.11. The summed E-state index contributed by atoms with van der Waals surface area (Å²) in [5.74, 6) is 0. The molecule has 0 atom stereocenters. The fourth-order valence-electron chi connectivity index (χ4n) is 1.88. The fraction of sp³-hybridized carbons (Fsp3) is 0.308. The van der Waals surface area contributed by atoms with Crippen LogP contribution in [0.1, 0.15) is 12.8 Å². The van der Waals surface area contributed by atoms with Crippen molar-refractivity contribution in [2.24, 2.45) is 0 Å². The second-order valence-electron chi connectivity index (χ2n) is 4.27. The molecule has 1 aromatic carbocycles. The minimum atomic E-state index is -4.10. The van der Waals surface area contributed by atoms with E-state index in [0.717, 1.165) is 16.5 Å². The summed E-state index contributed by atoms with van der Waals surface area (Å²) in [4.78, 5) is 3.99. The molecule has 1 heterocycles. The van der Waals surface area contributed by atoms with E-state index < -0.39 is 12.6 Å². The third kappa shape index (κ3) is 3.49. The smallest absolute Gasteiger partial charge is 0.389 e. The van der Waals surface area contributed by atoms with Crippen LogP contribution in [0.4, 0.5) is 24.5 Å². The van der Waals surface area contributed by atoms with Crippen LogP contribution in [0.25, 0.3) is 10.8 Å². The molecule has 3 nitrogen and oxygen atoms in total. The van der Waals surface area contributed by atoms with E-state index >= 15 is 0 Å². The van der Waals surface area contributed by atoms with Crippen LogP contribution in [-0.4, -0.2) is 17.7 Å². The summed E-state index contributed by atoms with van der Waals surface area (Å²) in [7, 11) is 0. The van der Waals surface area contributed by atoms with Crippen molar-refractivity contribution in [1.82, 2.24) is 4.98 Å². The van der Waals surface area contributed by atoms with Crippen molar-refractivity contribution >= 4 is 22.1 Å². The Hall–Kier alpha value is -1.98. The molecule has 0 radical (unpaired) electrons. The zero-order valence-electron chi connectivity index (χ0n) is 10.2. The zero-order valence-corrected chi connectivity index (χ0v) is 10.2. The second-order valence-corrected chi connectivity index (χ2v) is 4.27. The van der Waals surface area contributed by atoms with E-state index in [0.29, 0.717) is 5.69 Å². The Morgan fingerprint density at radius 1 is 1.16 bits per heavy atom. The number of hydrogen-bond acceptors (Lipinski definition) is 3. The van der Waals surface area contributed by atoms with Crippen molar-refractivity contribution in [2.75, 3.05) is 17.6 Å². The van der Waals surface area contributed by atoms with Crippen LogP contribution in [0.2, 0.25) is 0 Å². The van der Waals surface area contributed by atoms with Crippen molar-refractivity contribution in [3.05, 3.63) is 30.6 Å². The van der Waals surface area contributed by atoms with Crippen LogP contribution in [0.5, 0.6) is 0 Å². The normalized spacial score (nSPS) is 11.7. The number of pyridine rings is 1. The van der Waals surface area contributed by atoms with E-state index in [-0.39, 0.29) is 13.0 Å². The van der Waals surface area contributed by atoms with Gasteiger partial charge in [-0.2, -0.15) is 13.2 Å². The van der Waals surface area contributed by atoms with E-state index in [1.807, 2.05) is 0 Å². The van der Waals surface area contributed by atoms with E-state index in [4.69, 9.17) is 5.73 Å². The summed E-state index contributed by atoms with van der Waals surface area (Å²) in [5.41, 5.74) is 7.19. The maximum Gasteiger partial charge on any atom is 0.389 e. The lowest BCUT2D eigenvalue weighted by atomic mass is 10.1. The van der Waals surface area contributed by atoms with Crippen LogP contribution in [-0.2, 0) is 0 Å². The van der Waals surface area contributed by atoms with Gasteiger partial charge in [0.05, 0.1) is 0 Å². The number of benzene rings is 1. The van der Waals surface area contributed by atoms with Crippen LogP contribution >= 0.6 is 0 Å². The molecule has 0 amide bonds. The number of halogens is 3. The monoisotopic (exact) mass is 269 g/mol. The summed E-state index contributed by atoms with van der Waals surface area (Å²) >= 11 is 0. The Morgan fingerprint density at radius 3 is 2.68 bits per heavy atom. The highest BCUT2D eigenvalue weighted by atomic mass is 19.4. The summed E-state index contributed by atoms with van der Waals surface area (Å²) < 4.78 is 36.1. The van der Waals surface area contributed by atoms with Gasteiger partial charge in [0, 0.05) is 47.5 Å². The molecular weight excluding hydrogens is 255 g/mol. The van der Waals surface area contributed by atoms with Gasteiger partial charge in [0.25, 0.3) is 0 Å². The van der Waals surface area contributed by atoms with E-state index in [1.54, 1.807) is 30.6 Å². The SMILES string of the molecule is Nc1ccc(NCCCC(F)(F)F)c2ccncc12. The van der Waals surface area contributed by atoms with Gasteiger partial charge in [-0.15, -0.1) is 0 Å². The largest absolute Gasteiger partial charge is 0.398 e. The minimum absolute atomic E-state index is 0.0421. The molecule has 2 aromatic rings. The van der Waals surface area contributed by atoms with E-state index in [1.165, 1.54) is 0 Å². The van der Waals surface area contributed by atoms with Crippen molar-refractivity contribution in [3.63, 3.8) is 0 Å². The van der Waals surface area contributed by atoms with Gasteiger partial charge < -0.3 is 11.1 Å². The van der Waals surface area contributed by atoms with E-state index in [9.17, 15) is 13.2 Å². The molecular formula is C13H14F3N3. The number of nitrogens with one attached hydrogen (secondary N) is 1. The Kier molecular flexibility index (Phi) is 3.78. The highest BCUT2D eigenvalue weighted by Crippen LogP contribution is 2.27. The predicted molar refractivity (Wildman–Crippen MR) is 69.9 cm³/mol. The van der Waals surface area contributed by atoms with Crippen molar-refractivity contribution in [1.29, 1.82) is 0 Å². The quantitative estimate of drug-likeness (QED) is 0.659. The number of aromatic nitrogens is 1. The number of hydrogen-bond donors (Lipinski definition) is 2. The summed E-state index contributed by atoms with van der Waals surface area (Å²) in [5, 5.41) is 4.66. The Labute approximate surface area is 108 Å². The van der Waals surface area contributed by atoms with Gasteiger partial charge in [-0.1, -0.05) is 0 Å². The molecule has 0 saturated carbocycles. The molecule has 3 N–H and O–H groups in total. The summed E-state index contributed by atoms with van der Waals surface area (Å²) in [6, 6.07) is 5.28. The van der Waals surface area contributed by atoms with Gasteiger partial charge in [-0.25, -0.2) is 0 Å². The standard InChI is InChI=1S/C13H14F3N3/c14-13(15,16)5-1-6-19-12-3-2-11(17)10-8-18-7-4-9(10)12/h2-4,7-8,19H,1,5-6,17H2. The number of nitrogens with two attached hydrogens (primary N) is 1. The molecule has 2 rings (SSSR count). The van der Waals surface area contributed by atoms with Crippen LogP contribution in [0, 0.1) is 0 Å². The van der Waals surface area contributed by atoms with Gasteiger partial charge in [0.1, 0.15) is 0 Å². The summed E-state index contributed by atoms with van der Waals surface area (Å²) in [6.07, 6.45) is -1.57. The first kappa shape index (κ1) is 13.5. The molecule has 1 aromatic heterocycles. The lowest BCUT2D eigenvalue weighted by Gasteiger charge is -2.11. The molecule has 0 aliphatic rings. The molecule has 0 saturated heterocycles. The van der Waals surface area contributed by atoms with Gasteiger partial charge in [-0.05, 0) is 24.6 Å². The third-order valence-corrected chi connectivity index (χ3v) is 2.80. The van der Waals surface area contributed by atoms with Crippen LogP contribution < -0.4 is 11.1 Å². The number of fused-ring (bicyclic) bond motifs is 1. The highest BCUT2D eigenvalue weighted by molar-refractivity contribution is 6.00. The predicted octanol–water partition coefficient (Wildman–Crippen LogP) is 3.57. The molecule has 0 fully saturated rings. The number of rotatable bonds is 4. The summed E-state index contributed by atoms with van der Waals surface area (Å²) in [6.45, 7) is 0.265. The van der Waals surface area contributed by atoms with Crippen molar-refractivity contribution in [2.45, 2.75) is 19.0 Å². The van der Waals surface area contributed by atoms with Crippen molar-refractivity contribution < 1.29 is 13.2 Å². The van der Waals surface area contributed by atoms with Gasteiger partial charge >= 0.3 is 6.18 Å². The Balaban J connectivity index is 2.07. The molecule has 19 heavy (non-hydrogen) atoms. The number of anilines is 2. The van der Waals surface area contributed by atoms with Crippen molar-refractivity contribution in [3.8, 4) is 0 Å². The average Bonchev–Trinajstić information content (AvgIpc) is 2.36. The zero-order chi connectivity index (χ0) is 13.9. The minimum Gasteiger partial charge on any atom is -0.398 e. The first-order valence-corrected chi connectivity index (χ1v) is 5.90. The van der Waals surface area contributed by atoms with Gasteiger partial charge in [0.2, 0.25) is 0 Å². The second kappa shape index (κ2) is 5.34. The average molecular weight is 269 g/mol. The van der Waals surface area contributed by atoms with Crippen LogP contribution in [0.3, 0.4) is 0 Å². The Bertz CT molecular complexity index is 567. The number of nitrogens with zero attached hydrogens (tertiary/aromatic N) is 1. The molecule has 0 spiro atoms. The molecule has 0 unspecified atom stereocenters. The van der Waals surface area contributed by atoms with Gasteiger partial charge in [0.15, 0.2) is 0 Å². The van der Waals surface area contributed by atoms with E-state index in [2.05, 4.69) is 10.3 Å². The third-order valence-electron chi connectivity index (χ3n) is 2.80. The first-order chi connectivity index (χ1) is 8.97. The highest BCUT2D eigenvalue weighted by Gasteiger charge is 2.25. The molecule has 0 aliphatic carbocycles. The molecule has 102 valence electrons. The topological polar surface area (TPSA) is 50.9 Å². The number of alkyl halides is 3. The molecule has 0 bridgehead atoms. The maximum absolute atomic E-state index is 12.0. The maximum atomic E-state index is 12.0. The lowest BCUT2D eigenvalue weighted by molar-refractivity contribution is -0.134. The van der Waals surface area contributed by atoms with Gasteiger partial charge in [-0.3, -0.25) is 4.98 Å².